The molecule has 0 bridgehead atoms. The molecule has 1 nitrogen and oxygen atoms in total. The van der Waals surface area contributed by atoms with Crippen molar-refractivity contribution in [2.75, 3.05) is 0 Å². The minimum atomic E-state index is 0.522. The van der Waals surface area contributed by atoms with Crippen LogP contribution < -0.4 is 5.32 Å². The van der Waals surface area contributed by atoms with Crippen LogP contribution in [-0.2, 0) is 6.42 Å². The molecule has 1 aliphatic rings. The molecule has 0 amide bonds. The van der Waals surface area contributed by atoms with Gasteiger partial charge in [0.25, 0.3) is 0 Å². The number of hydrogen-bond donors (Lipinski definition) is 1. The smallest absolute Gasteiger partial charge is 0.0325 e. The highest BCUT2D eigenvalue weighted by Crippen LogP contribution is 2.37. The van der Waals surface area contributed by atoms with Crippen LogP contribution in [0.3, 0.4) is 0 Å². The van der Waals surface area contributed by atoms with E-state index in [2.05, 4.69) is 62.5 Å². The molecule has 2 heteroatoms. The van der Waals surface area contributed by atoms with Gasteiger partial charge >= 0.3 is 0 Å². The van der Waals surface area contributed by atoms with Gasteiger partial charge in [0.1, 0.15) is 0 Å². The molecule has 0 fully saturated rings. The fraction of sp³-hybridized carbons (Fsp3) is 0.474. The largest absolute Gasteiger partial charge is 0.307 e. The van der Waals surface area contributed by atoms with E-state index < -0.39 is 0 Å². The van der Waals surface area contributed by atoms with Gasteiger partial charge in [-0.05, 0) is 62.3 Å². The molecule has 3 unspecified atom stereocenters. The highest BCUT2D eigenvalue weighted by Gasteiger charge is 2.25. The molecule has 3 rings (SSSR count). The standard InChI is InChI=1S/C19H25NS/c1-13-8-11-19(18-7-5-4-6-17(13)18)20-14(2)12-16-10-9-15(3)21-16/h4-7,9-10,13-14,19-20H,8,11-12H2,1-3H3. The second kappa shape index (κ2) is 6.33. The van der Waals surface area contributed by atoms with Crippen molar-refractivity contribution >= 4 is 11.3 Å². The molecule has 0 aliphatic heterocycles. The Morgan fingerprint density at radius 2 is 1.90 bits per heavy atom. The lowest BCUT2D eigenvalue weighted by Crippen LogP contribution is -2.34. The monoisotopic (exact) mass is 299 g/mol. The second-order valence-electron chi connectivity index (χ2n) is 6.44. The summed E-state index contributed by atoms with van der Waals surface area (Å²) < 4.78 is 0. The topological polar surface area (TPSA) is 12.0 Å². The highest BCUT2D eigenvalue weighted by molar-refractivity contribution is 7.11. The van der Waals surface area contributed by atoms with Crippen LogP contribution in [-0.4, -0.2) is 6.04 Å². The third-order valence-corrected chi connectivity index (χ3v) is 5.60. The van der Waals surface area contributed by atoms with E-state index in [4.69, 9.17) is 0 Å². The maximum atomic E-state index is 3.86. The van der Waals surface area contributed by atoms with Gasteiger partial charge in [0, 0.05) is 21.8 Å². The first-order chi connectivity index (χ1) is 10.1. The zero-order chi connectivity index (χ0) is 14.8. The Balaban J connectivity index is 1.69. The van der Waals surface area contributed by atoms with Crippen molar-refractivity contribution in [2.45, 2.75) is 58.0 Å². The third-order valence-electron chi connectivity index (χ3n) is 4.58. The summed E-state index contributed by atoms with van der Waals surface area (Å²) in [7, 11) is 0. The van der Waals surface area contributed by atoms with E-state index >= 15 is 0 Å². The Kier molecular flexibility index (Phi) is 4.46. The van der Waals surface area contributed by atoms with Gasteiger partial charge in [-0.3, -0.25) is 0 Å². The lowest BCUT2D eigenvalue weighted by Gasteiger charge is -2.32. The molecule has 1 heterocycles. The predicted molar refractivity (Wildman–Crippen MR) is 92.2 cm³/mol. The molecule has 0 radical (unpaired) electrons. The number of thiophene rings is 1. The summed E-state index contributed by atoms with van der Waals surface area (Å²) in [5, 5.41) is 3.86. The van der Waals surface area contributed by atoms with Crippen LogP contribution in [0.1, 0.15) is 59.5 Å². The molecule has 1 aromatic heterocycles. The van der Waals surface area contributed by atoms with Crippen LogP contribution in [0.25, 0.3) is 0 Å². The first kappa shape index (κ1) is 14.8. The van der Waals surface area contributed by atoms with Gasteiger partial charge in [0.15, 0.2) is 0 Å². The Morgan fingerprint density at radius 1 is 1.14 bits per heavy atom. The van der Waals surface area contributed by atoms with Crippen molar-refractivity contribution in [3.63, 3.8) is 0 Å². The first-order valence-corrected chi connectivity index (χ1v) is 8.85. The van der Waals surface area contributed by atoms with Gasteiger partial charge in [-0.1, -0.05) is 31.2 Å². The summed E-state index contributed by atoms with van der Waals surface area (Å²) in [5.74, 6) is 0.703. The Morgan fingerprint density at radius 3 is 2.62 bits per heavy atom. The molecule has 0 spiro atoms. The fourth-order valence-corrected chi connectivity index (χ4v) is 4.50. The van der Waals surface area contributed by atoms with E-state index in [1.807, 2.05) is 11.3 Å². The molecular formula is C19H25NS. The number of aryl methyl sites for hydroxylation is 1. The molecule has 0 saturated heterocycles. The Bertz CT molecular complexity index is 601. The summed E-state index contributed by atoms with van der Waals surface area (Å²) >= 11 is 1.92. The number of benzene rings is 1. The third kappa shape index (κ3) is 3.38. The zero-order valence-electron chi connectivity index (χ0n) is 13.2. The lowest BCUT2D eigenvalue weighted by molar-refractivity contribution is 0.390. The van der Waals surface area contributed by atoms with Gasteiger partial charge in [-0.25, -0.2) is 0 Å². The van der Waals surface area contributed by atoms with Crippen LogP contribution in [0.2, 0.25) is 0 Å². The van der Waals surface area contributed by atoms with Crippen LogP contribution in [0.4, 0.5) is 0 Å². The summed E-state index contributed by atoms with van der Waals surface area (Å²) in [5.41, 5.74) is 3.06. The molecule has 0 saturated carbocycles. The number of nitrogens with one attached hydrogen (secondary N) is 1. The highest BCUT2D eigenvalue weighted by atomic mass is 32.1. The normalized spacial score (nSPS) is 22.8. The lowest BCUT2D eigenvalue weighted by atomic mass is 9.81. The van der Waals surface area contributed by atoms with E-state index in [0.29, 0.717) is 18.0 Å². The van der Waals surface area contributed by atoms with Gasteiger partial charge in [-0.2, -0.15) is 0 Å². The van der Waals surface area contributed by atoms with E-state index in [9.17, 15) is 0 Å². The minimum Gasteiger partial charge on any atom is -0.307 e. The van der Waals surface area contributed by atoms with Gasteiger partial charge < -0.3 is 5.32 Å². The fourth-order valence-electron chi connectivity index (χ4n) is 3.48. The molecule has 21 heavy (non-hydrogen) atoms. The van der Waals surface area contributed by atoms with E-state index in [1.54, 1.807) is 5.56 Å². The molecule has 112 valence electrons. The van der Waals surface area contributed by atoms with Crippen molar-refractivity contribution < 1.29 is 0 Å². The number of hydrogen-bond acceptors (Lipinski definition) is 2. The Labute approximate surface area is 132 Å². The number of rotatable bonds is 4. The maximum Gasteiger partial charge on any atom is 0.0325 e. The van der Waals surface area contributed by atoms with Crippen LogP contribution in [0, 0.1) is 6.92 Å². The van der Waals surface area contributed by atoms with Crippen LogP contribution in [0.5, 0.6) is 0 Å². The average molecular weight is 299 g/mol. The van der Waals surface area contributed by atoms with Crippen molar-refractivity contribution in [2.24, 2.45) is 0 Å². The summed E-state index contributed by atoms with van der Waals surface area (Å²) in [6.45, 7) is 6.85. The summed E-state index contributed by atoms with van der Waals surface area (Å²) in [6, 6.07) is 14.5. The molecule has 2 aromatic rings. The summed E-state index contributed by atoms with van der Waals surface area (Å²) in [6.07, 6.45) is 3.68. The van der Waals surface area contributed by atoms with E-state index in [-0.39, 0.29) is 0 Å². The van der Waals surface area contributed by atoms with Crippen molar-refractivity contribution in [1.82, 2.24) is 5.32 Å². The average Bonchev–Trinajstić information content (AvgIpc) is 2.87. The number of fused-ring (bicyclic) bond motifs is 1. The van der Waals surface area contributed by atoms with Gasteiger partial charge in [0.2, 0.25) is 0 Å². The van der Waals surface area contributed by atoms with Gasteiger partial charge in [0.05, 0.1) is 0 Å². The molecule has 1 aromatic carbocycles. The maximum absolute atomic E-state index is 3.86. The first-order valence-electron chi connectivity index (χ1n) is 8.03. The molecule has 1 N–H and O–H groups in total. The quantitative estimate of drug-likeness (QED) is 0.816. The van der Waals surface area contributed by atoms with E-state index in [0.717, 1.165) is 6.42 Å². The summed E-state index contributed by atoms with van der Waals surface area (Å²) in [4.78, 5) is 2.90. The van der Waals surface area contributed by atoms with E-state index in [1.165, 1.54) is 28.2 Å². The van der Waals surface area contributed by atoms with Crippen molar-refractivity contribution in [3.05, 3.63) is 57.3 Å². The molecule has 1 aliphatic carbocycles. The molecular weight excluding hydrogens is 274 g/mol. The Hall–Kier alpha value is -1.12. The van der Waals surface area contributed by atoms with Crippen LogP contribution >= 0.6 is 11.3 Å². The predicted octanol–water partition coefficient (Wildman–Crippen LogP) is 5.22. The zero-order valence-corrected chi connectivity index (χ0v) is 14.0. The van der Waals surface area contributed by atoms with Gasteiger partial charge in [-0.15, -0.1) is 11.3 Å². The van der Waals surface area contributed by atoms with Crippen molar-refractivity contribution in [3.8, 4) is 0 Å². The van der Waals surface area contributed by atoms with Crippen LogP contribution in [0.15, 0.2) is 36.4 Å². The SMILES string of the molecule is Cc1ccc(CC(C)NC2CCC(C)c3ccccc32)s1. The second-order valence-corrected chi connectivity index (χ2v) is 7.82. The molecule has 3 atom stereocenters. The van der Waals surface area contributed by atoms with Crippen molar-refractivity contribution in [1.29, 1.82) is 0 Å². The minimum absolute atomic E-state index is 0.522.